The van der Waals surface area contributed by atoms with Crippen molar-refractivity contribution in [2.45, 2.75) is 32.1 Å². The van der Waals surface area contributed by atoms with Crippen molar-refractivity contribution in [1.29, 1.82) is 0 Å². The third-order valence-corrected chi connectivity index (χ3v) is 3.42. The maximum Gasteiger partial charge on any atom is 0.0490 e. The minimum absolute atomic E-state index is 0.196. The lowest BCUT2D eigenvalue weighted by molar-refractivity contribution is 0.130. The molecule has 1 aromatic rings. The van der Waals surface area contributed by atoms with Gasteiger partial charge in [-0.05, 0) is 30.2 Å². The second kappa shape index (κ2) is 4.14. The molecule has 0 aliphatic heterocycles. The van der Waals surface area contributed by atoms with Gasteiger partial charge in [0.2, 0.25) is 0 Å². The Morgan fingerprint density at radius 1 is 1.07 bits per heavy atom. The Balaban J connectivity index is 2.08. The van der Waals surface area contributed by atoms with Crippen LogP contribution in [0, 0.1) is 5.41 Å². The lowest BCUT2D eigenvalue weighted by Gasteiger charge is -2.26. The molecule has 1 nitrogen and oxygen atoms in total. The maximum absolute atomic E-state index is 9.48. The fourth-order valence-electron chi connectivity index (χ4n) is 2.54. The van der Waals surface area contributed by atoms with E-state index in [-0.39, 0.29) is 5.41 Å². The molecular formula is C13H18O. The zero-order valence-electron chi connectivity index (χ0n) is 8.58. The van der Waals surface area contributed by atoms with Gasteiger partial charge in [-0.15, -0.1) is 0 Å². The highest BCUT2D eigenvalue weighted by molar-refractivity contribution is 5.17. The quantitative estimate of drug-likeness (QED) is 0.777. The summed E-state index contributed by atoms with van der Waals surface area (Å²) in [4.78, 5) is 0. The number of hydrogen-bond donors (Lipinski definition) is 1. The number of benzene rings is 1. The van der Waals surface area contributed by atoms with E-state index in [1.54, 1.807) is 0 Å². The fraction of sp³-hybridized carbons (Fsp3) is 0.538. The Kier molecular flexibility index (Phi) is 2.87. The van der Waals surface area contributed by atoms with Crippen LogP contribution in [0.2, 0.25) is 0 Å². The third-order valence-electron chi connectivity index (χ3n) is 3.42. The molecule has 0 amide bonds. The molecule has 0 spiro atoms. The van der Waals surface area contributed by atoms with Gasteiger partial charge >= 0.3 is 0 Å². The summed E-state index contributed by atoms with van der Waals surface area (Å²) in [6.45, 7) is 0.349. The predicted molar refractivity (Wildman–Crippen MR) is 58.1 cm³/mol. The van der Waals surface area contributed by atoms with E-state index in [9.17, 15) is 5.11 Å². The van der Waals surface area contributed by atoms with Gasteiger partial charge in [-0.1, -0.05) is 43.2 Å². The molecule has 1 aliphatic carbocycles. The normalized spacial score (nSPS) is 19.8. The van der Waals surface area contributed by atoms with Crippen LogP contribution >= 0.6 is 0 Å². The maximum atomic E-state index is 9.48. The Hall–Kier alpha value is -0.820. The van der Waals surface area contributed by atoms with Gasteiger partial charge in [0.1, 0.15) is 0 Å². The summed E-state index contributed by atoms with van der Waals surface area (Å²) in [5, 5.41) is 9.48. The zero-order chi connectivity index (χ0) is 9.86. The van der Waals surface area contributed by atoms with Crippen molar-refractivity contribution in [2.24, 2.45) is 5.41 Å². The van der Waals surface area contributed by atoms with Crippen molar-refractivity contribution >= 4 is 0 Å². The summed E-state index contributed by atoms with van der Waals surface area (Å²) in [7, 11) is 0. The van der Waals surface area contributed by atoms with Crippen LogP contribution in [0.3, 0.4) is 0 Å². The van der Waals surface area contributed by atoms with Crippen LogP contribution in [0.5, 0.6) is 0 Å². The Morgan fingerprint density at radius 3 is 2.29 bits per heavy atom. The third kappa shape index (κ3) is 1.98. The molecule has 0 radical (unpaired) electrons. The van der Waals surface area contributed by atoms with E-state index in [4.69, 9.17) is 0 Å². The molecule has 2 rings (SSSR count). The summed E-state index contributed by atoms with van der Waals surface area (Å²) in [5.74, 6) is 0. The van der Waals surface area contributed by atoms with Gasteiger partial charge < -0.3 is 5.11 Å². The van der Waals surface area contributed by atoms with Gasteiger partial charge in [0, 0.05) is 6.61 Å². The molecule has 1 heteroatoms. The van der Waals surface area contributed by atoms with Crippen molar-refractivity contribution in [1.82, 2.24) is 0 Å². The number of aliphatic hydroxyl groups excluding tert-OH is 1. The molecule has 0 aromatic heterocycles. The highest BCUT2D eigenvalue weighted by Crippen LogP contribution is 2.40. The van der Waals surface area contributed by atoms with E-state index >= 15 is 0 Å². The first-order valence-corrected chi connectivity index (χ1v) is 5.49. The average Bonchev–Trinajstić information content (AvgIpc) is 2.69. The fourth-order valence-corrected chi connectivity index (χ4v) is 2.54. The second-order valence-corrected chi connectivity index (χ2v) is 4.53. The van der Waals surface area contributed by atoms with Crippen LogP contribution in [-0.2, 0) is 6.42 Å². The molecule has 1 aromatic carbocycles. The summed E-state index contributed by atoms with van der Waals surface area (Å²) in [5.41, 5.74) is 1.56. The summed E-state index contributed by atoms with van der Waals surface area (Å²) >= 11 is 0. The Morgan fingerprint density at radius 2 is 1.71 bits per heavy atom. The molecule has 0 atom stereocenters. The topological polar surface area (TPSA) is 20.2 Å². The van der Waals surface area contributed by atoms with Crippen molar-refractivity contribution < 1.29 is 5.11 Å². The first-order valence-electron chi connectivity index (χ1n) is 5.49. The van der Waals surface area contributed by atoms with Gasteiger partial charge in [0.05, 0.1) is 0 Å². The molecule has 14 heavy (non-hydrogen) atoms. The summed E-state index contributed by atoms with van der Waals surface area (Å²) in [6.07, 6.45) is 6.00. The van der Waals surface area contributed by atoms with E-state index in [1.807, 2.05) is 6.07 Å². The van der Waals surface area contributed by atoms with E-state index in [0.29, 0.717) is 6.61 Å². The van der Waals surface area contributed by atoms with Crippen LogP contribution in [0.15, 0.2) is 30.3 Å². The summed E-state index contributed by atoms with van der Waals surface area (Å²) < 4.78 is 0. The summed E-state index contributed by atoms with van der Waals surface area (Å²) in [6, 6.07) is 10.5. The predicted octanol–water partition coefficient (Wildman–Crippen LogP) is 2.78. The molecule has 76 valence electrons. The van der Waals surface area contributed by atoms with Gasteiger partial charge in [0.25, 0.3) is 0 Å². The number of hydrogen-bond acceptors (Lipinski definition) is 1. The smallest absolute Gasteiger partial charge is 0.0490 e. The van der Waals surface area contributed by atoms with Crippen molar-refractivity contribution in [3.8, 4) is 0 Å². The minimum atomic E-state index is 0.196. The van der Waals surface area contributed by atoms with Crippen molar-refractivity contribution in [2.75, 3.05) is 6.61 Å². The molecule has 0 saturated heterocycles. The molecule has 1 aliphatic rings. The van der Waals surface area contributed by atoms with E-state index in [1.165, 1.54) is 31.2 Å². The first-order chi connectivity index (χ1) is 6.85. The SMILES string of the molecule is OCC1(Cc2ccccc2)CCCC1. The van der Waals surface area contributed by atoms with Crippen molar-refractivity contribution in [3.05, 3.63) is 35.9 Å². The molecule has 0 unspecified atom stereocenters. The number of rotatable bonds is 3. The van der Waals surface area contributed by atoms with Gasteiger partial charge in [-0.3, -0.25) is 0 Å². The van der Waals surface area contributed by atoms with E-state index in [2.05, 4.69) is 24.3 Å². The second-order valence-electron chi connectivity index (χ2n) is 4.53. The Labute approximate surface area is 85.8 Å². The van der Waals surface area contributed by atoms with Gasteiger partial charge in [-0.2, -0.15) is 0 Å². The molecule has 1 N–H and O–H groups in total. The van der Waals surface area contributed by atoms with Gasteiger partial charge in [0.15, 0.2) is 0 Å². The first kappa shape index (κ1) is 9.72. The van der Waals surface area contributed by atoms with Gasteiger partial charge in [-0.25, -0.2) is 0 Å². The molecule has 0 bridgehead atoms. The molecular weight excluding hydrogens is 172 g/mol. The highest BCUT2D eigenvalue weighted by Gasteiger charge is 2.32. The highest BCUT2D eigenvalue weighted by atomic mass is 16.3. The Bertz CT molecular complexity index is 273. The van der Waals surface area contributed by atoms with Crippen LogP contribution in [0.1, 0.15) is 31.2 Å². The van der Waals surface area contributed by atoms with E-state index in [0.717, 1.165) is 6.42 Å². The van der Waals surface area contributed by atoms with E-state index < -0.39 is 0 Å². The lowest BCUT2D eigenvalue weighted by atomic mass is 9.81. The molecule has 0 heterocycles. The lowest BCUT2D eigenvalue weighted by Crippen LogP contribution is -2.24. The minimum Gasteiger partial charge on any atom is -0.396 e. The largest absolute Gasteiger partial charge is 0.396 e. The average molecular weight is 190 g/mol. The zero-order valence-corrected chi connectivity index (χ0v) is 8.58. The number of aliphatic hydroxyl groups is 1. The van der Waals surface area contributed by atoms with Crippen molar-refractivity contribution in [3.63, 3.8) is 0 Å². The van der Waals surface area contributed by atoms with Crippen LogP contribution in [0.25, 0.3) is 0 Å². The van der Waals surface area contributed by atoms with Crippen LogP contribution in [0.4, 0.5) is 0 Å². The van der Waals surface area contributed by atoms with Crippen LogP contribution in [-0.4, -0.2) is 11.7 Å². The molecule has 1 saturated carbocycles. The van der Waals surface area contributed by atoms with Crippen LogP contribution < -0.4 is 0 Å². The monoisotopic (exact) mass is 190 g/mol. The molecule has 1 fully saturated rings. The standard InChI is InChI=1S/C13H18O/c14-11-13(8-4-5-9-13)10-12-6-2-1-3-7-12/h1-3,6-7,14H,4-5,8-11H2.